The molecule has 1 aliphatic heterocycles. The number of amides is 2. The lowest BCUT2D eigenvalue weighted by Gasteiger charge is -2.28. The standard InChI is InChI=1S/C27H28N2O6/c1-5-6-11-34-27(33)21-12-19(8-7-16(21)2)24-10-9-20(35-24)13-22-18(4)23(14-28)26(32)29(25(22)31)15-17(3)30/h7-10,12-13,17,30H,5-6,11,15H2,1-4H3/b22-13+. The van der Waals surface area contributed by atoms with E-state index >= 15 is 0 Å². The first kappa shape index (κ1) is 25.7. The molecule has 0 aliphatic carbocycles. The maximum Gasteiger partial charge on any atom is 0.338 e. The van der Waals surface area contributed by atoms with Crippen molar-refractivity contribution in [1.29, 1.82) is 5.26 Å². The number of β-amino-alcohol motifs (C(OH)–C–C–N with tert-alkyl or cyclic N) is 1. The normalized spacial score (nSPS) is 16.0. The first-order chi connectivity index (χ1) is 16.7. The third kappa shape index (κ3) is 5.58. The summed E-state index contributed by atoms with van der Waals surface area (Å²) in [4.78, 5) is 38.8. The number of ether oxygens (including phenoxy) is 1. The van der Waals surface area contributed by atoms with Crippen molar-refractivity contribution in [2.45, 2.75) is 46.6 Å². The number of hydrogen-bond acceptors (Lipinski definition) is 7. The van der Waals surface area contributed by atoms with E-state index in [1.54, 1.807) is 18.2 Å². The third-order valence-corrected chi connectivity index (χ3v) is 5.66. The number of aliphatic hydroxyl groups excluding tert-OH is 1. The molecule has 1 N–H and O–H groups in total. The Morgan fingerprint density at radius 3 is 2.63 bits per heavy atom. The van der Waals surface area contributed by atoms with Crippen LogP contribution in [0.1, 0.15) is 55.3 Å². The molecular weight excluding hydrogens is 448 g/mol. The van der Waals surface area contributed by atoms with Crippen LogP contribution < -0.4 is 0 Å². The van der Waals surface area contributed by atoms with Crippen LogP contribution in [0, 0.1) is 18.3 Å². The number of nitriles is 1. The van der Waals surface area contributed by atoms with Crippen LogP contribution in [0.15, 0.2) is 51.5 Å². The van der Waals surface area contributed by atoms with Crippen molar-refractivity contribution >= 4 is 23.9 Å². The SMILES string of the molecule is CCCCOC(=O)c1cc(-c2ccc(/C=C3/C(=O)N(CC(C)O)C(=O)C(C#N)=C3C)o2)ccc1C. The largest absolute Gasteiger partial charge is 0.462 e. The molecule has 0 saturated carbocycles. The Morgan fingerprint density at radius 2 is 1.97 bits per heavy atom. The van der Waals surface area contributed by atoms with Crippen molar-refractivity contribution < 1.29 is 28.6 Å². The number of rotatable bonds is 8. The molecule has 1 aromatic heterocycles. The van der Waals surface area contributed by atoms with Crippen molar-refractivity contribution in [2.75, 3.05) is 13.2 Å². The summed E-state index contributed by atoms with van der Waals surface area (Å²) in [6.45, 7) is 6.96. The highest BCUT2D eigenvalue weighted by Crippen LogP contribution is 2.30. The van der Waals surface area contributed by atoms with Crippen molar-refractivity contribution in [2.24, 2.45) is 0 Å². The zero-order valence-electron chi connectivity index (χ0n) is 20.3. The smallest absolute Gasteiger partial charge is 0.338 e. The van der Waals surface area contributed by atoms with E-state index in [0.29, 0.717) is 29.3 Å². The highest BCUT2D eigenvalue weighted by molar-refractivity contribution is 6.19. The summed E-state index contributed by atoms with van der Waals surface area (Å²) in [5, 5.41) is 19.1. The molecule has 0 spiro atoms. The molecule has 1 aliphatic rings. The fraction of sp³-hybridized carbons (Fsp3) is 0.333. The Labute approximate surface area is 204 Å². The Morgan fingerprint density at radius 1 is 1.23 bits per heavy atom. The molecule has 0 radical (unpaired) electrons. The van der Waals surface area contributed by atoms with Gasteiger partial charge in [0, 0.05) is 11.1 Å². The van der Waals surface area contributed by atoms with Gasteiger partial charge < -0.3 is 14.3 Å². The van der Waals surface area contributed by atoms with Gasteiger partial charge in [-0.15, -0.1) is 0 Å². The number of aliphatic hydroxyl groups is 1. The van der Waals surface area contributed by atoms with E-state index in [1.165, 1.54) is 19.9 Å². The maximum absolute atomic E-state index is 13.0. The third-order valence-electron chi connectivity index (χ3n) is 5.66. The van der Waals surface area contributed by atoms with Crippen LogP contribution in [-0.4, -0.2) is 47.0 Å². The number of unbranched alkanes of at least 4 members (excludes halogenated alkanes) is 1. The Hall–Kier alpha value is -3.96. The molecule has 35 heavy (non-hydrogen) atoms. The van der Waals surface area contributed by atoms with E-state index < -0.39 is 23.9 Å². The van der Waals surface area contributed by atoms with Gasteiger partial charge in [-0.3, -0.25) is 14.5 Å². The number of carbonyl (C=O) groups is 3. The first-order valence-corrected chi connectivity index (χ1v) is 11.4. The van der Waals surface area contributed by atoms with Gasteiger partial charge in [-0.05, 0) is 62.6 Å². The van der Waals surface area contributed by atoms with Gasteiger partial charge >= 0.3 is 5.97 Å². The van der Waals surface area contributed by atoms with Crippen LogP contribution in [0.5, 0.6) is 0 Å². The lowest BCUT2D eigenvalue weighted by Crippen LogP contribution is -2.45. The van der Waals surface area contributed by atoms with Crippen molar-refractivity contribution in [3.05, 3.63) is 63.9 Å². The number of imide groups is 1. The topological polar surface area (TPSA) is 121 Å². The number of furan rings is 1. The number of carbonyl (C=O) groups excluding carboxylic acids is 3. The zero-order chi connectivity index (χ0) is 25.7. The maximum atomic E-state index is 13.0. The second-order valence-corrected chi connectivity index (χ2v) is 8.46. The van der Waals surface area contributed by atoms with Gasteiger partial charge in [0.25, 0.3) is 11.8 Å². The van der Waals surface area contributed by atoms with Crippen molar-refractivity contribution in [3.63, 3.8) is 0 Å². The summed E-state index contributed by atoms with van der Waals surface area (Å²) in [6, 6.07) is 10.5. The lowest BCUT2D eigenvalue weighted by molar-refractivity contribution is -0.141. The summed E-state index contributed by atoms with van der Waals surface area (Å²) in [5.41, 5.74) is 2.11. The van der Waals surface area contributed by atoms with E-state index in [4.69, 9.17) is 9.15 Å². The Balaban J connectivity index is 1.94. The minimum absolute atomic E-state index is 0.131. The van der Waals surface area contributed by atoms with Crippen molar-refractivity contribution in [1.82, 2.24) is 4.90 Å². The van der Waals surface area contributed by atoms with Gasteiger partial charge in [-0.2, -0.15) is 5.26 Å². The summed E-state index contributed by atoms with van der Waals surface area (Å²) >= 11 is 0. The molecule has 8 heteroatoms. The van der Waals surface area contributed by atoms with E-state index in [9.17, 15) is 24.8 Å². The molecule has 0 bridgehead atoms. The minimum Gasteiger partial charge on any atom is -0.462 e. The van der Waals surface area contributed by atoms with Crippen LogP contribution in [0.4, 0.5) is 0 Å². The summed E-state index contributed by atoms with van der Waals surface area (Å²) in [6.07, 6.45) is 2.24. The van der Waals surface area contributed by atoms with E-state index in [1.807, 2.05) is 32.0 Å². The molecule has 1 aromatic carbocycles. The van der Waals surface area contributed by atoms with Gasteiger partial charge in [-0.1, -0.05) is 25.5 Å². The summed E-state index contributed by atoms with van der Waals surface area (Å²) in [7, 11) is 0. The zero-order valence-corrected chi connectivity index (χ0v) is 20.3. The molecule has 2 aromatic rings. The van der Waals surface area contributed by atoms with E-state index in [-0.39, 0.29) is 23.3 Å². The quantitative estimate of drug-likeness (QED) is 0.262. The fourth-order valence-corrected chi connectivity index (χ4v) is 3.67. The Kier molecular flexibility index (Phi) is 8.05. The molecule has 3 rings (SSSR count). The minimum atomic E-state index is -0.942. The molecular formula is C27H28N2O6. The second kappa shape index (κ2) is 11.0. The molecule has 2 heterocycles. The number of benzene rings is 1. The molecule has 0 saturated heterocycles. The highest BCUT2D eigenvalue weighted by Gasteiger charge is 2.36. The molecule has 2 amide bonds. The van der Waals surface area contributed by atoms with Crippen molar-refractivity contribution in [3.8, 4) is 17.4 Å². The van der Waals surface area contributed by atoms with E-state index in [0.717, 1.165) is 23.3 Å². The second-order valence-electron chi connectivity index (χ2n) is 8.46. The molecule has 1 atom stereocenters. The lowest BCUT2D eigenvalue weighted by atomic mass is 9.94. The van der Waals surface area contributed by atoms with Crippen LogP contribution in [-0.2, 0) is 14.3 Å². The van der Waals surface area contributed by atoms with Crippen LogP contribution in [0.3, 0.4) is 0 Å². The van der Waals surface area contributed by atoms with Crippen LogP contribution in [0.2, 0.25) is 0 Å². The molecule has 182 valence electrons. The highest BCUT2D eigenvalue weighted by atomic mass is 16.5. The predicted octanol–water partition coefficient (Wildman–Crippen LogP) is 4.19. The van der Waals surface area contributed by atoms with Crippen LogP contribution in [0.25, 0.3) is 17.4 Å². The summed E-state index contributed by atoms with van der Waals surface area (Å²) in [5.74, 6) is -0.933. The fourth-order valence-electron chi connectivity index (χ4n) is 3.67. The average Bonchev–Trinajstić information content (AvgIpc) is 3.29. The number of aryl methyl sites for hydroxylation is 1. The van der Waals surface area contributed by atoms with Gasteiger partial charge in [0.15, 0.2) is 0 Å². The molecule has 8 nitrogen and oxygen atoms in total. The van der Waals surface area contributed by atoms with E-state index in [2.05, 4.69) is 0 Å². The molecule has 1 unspecified atom stereocenters. The van der Waals surface area contributed by atoms with Gasteiger partial charge in [0.05, 0.1) is 24.8 Å². The van der Waals surface area contributed by atoms with Gasteiger partial charge in [-0.25, -0.2) is 4.79 Å². The number of nitrogens with zero attached hydrogens (tertiary/aromatic N) is 2. The molecule has 0 fully saturated rings. The van der Waals surface area contributed by atoms with Gasteiger partial charge in [0.1, 0.15) is 23.2 Å². The van der Waals surface area contributed by atoms with Gasteiger partial charge in [0.2, 0.25) is 0 Å². The Bertz CT molecular complexity index is 1260. The first-order valence-electron chi connectivity index (χ1n) is 11.4. The number of esters is 1. The summed E-state index contributed by atoms with van der Waals surface area (Å²) < 4.78 is 11.3. The average molecular weight is 477 g/mol. The monoisotopic (exact) mass is 476 g/mol. The number of hydrogen-bond donors (Lipinski definition) is 1. The predicted molar refractivity (Wildman–Crippen MR) is 129 cm³/mol. The van der Waals surface area contributed by atoms with Crippen LogP contribution >= 0.6 is 0 Å².